The molecule has 3 nitrogen and oxygen atoms in total. The smallest absolute Gasteiger partial charge is 0.232 e. The topological polar surface area (TPSA) is 46.2 Å². The number of amides is 1. The predicted octanol–water partition coefficient (Wildman–Crippen LogP) is 1.79. The second kappa shape index (κ2) is 5.94. The molecule has 1 amide bonds. The molecule has 0 radical (unpaired) electrons. The molecular formula is C11H16FNO2S. The minimum atomic E-state index is -1.26. The van der Waals surface area contributed by atoms with Crippen molar-refractivity contribution in [3.63, 3.8) is 0 Å². The number of hydrogen-bond acceptors (Lipinski definition) is 2. The van der Waals surface area contributed by atoms with E-state index in [0.29, 0.717) is 12.8 Å². The van der Waals surface area contributed by atoms with E-state index >= 15 is 0 Å². The lowest BCUT2D eigenvalue weighted by Crippen LogP contribution is -2.17. The summed E-state index contributed by atoms with van der Waals surface area (Å²) in [6.07, 6.45) is 5.03. The maximum absolute atomic E-state index is 12.6. The summed E-state index contributed by atoms with van der Waals surface area (Å²) in [5.74, 6) is -0.165. The average molecular weight is 245 g/mol. The summed E-state index contributed by atoms with van der Waals surface area (Å²) >= 11 is 0. The van der Waals surface area contributed by atoms with Crippen LogP contribution in [-0.4, -0.2) is 21.5 Å². The van der Waals surface area contributed by atoms with Gasteiger partial charge in [-0.2, -0.15) is 0 Å². The van der Waals surface area contributed by atoms with Crippen LogP contribution < -0.4 is 4.72 Å². The van der Waals surface area contributed by atoms with Crippen LogP contribution in [0.3, 0.4) is 0 Å². The minimum absolute atomic E-state index is 0.153. The van der Waals surface area contributed by atoms with E-state index in [4.69, 9.17) is 0 Å². The number of hydrogen-bond donors (Lipinski definition) is 1. The van der Waals surface area contributed by atoms with Crippen molar-refractivity contribution in [2.24, 2.45) is 0 Å². The SMILES string of the molecule is CC(/C=C\CC1CC(=O)NS1=O)=C/C(C)F. The molecule has 0 aromatic heterocycles. The monoisotopic (exact) mass is 245 g/mol. The van der Waals surface area contributed by atoms with E-state index in [1.54, 1.807) is 6.08 Å². The molecule has 0 spiro atoms. The first-order valence-electron chi connectivity index (χ1n) is 5.18. The van der Waals surface area contributed by atoms with Gasteiger partial charge in [0, 0.05) is 6.42 Å². The van der Waals surface area contributed by atoms with Crippen molar-refractivity contribution in [1.82, 2.24) is 4.72 Å². The second-order valence-electron chi connectivity index (χ2n) is 3.88. The normalized spacial score (nSPS) is 28.4. The summed E-state index contributed by atoms with van der Waals surface area (Å²) in [7, 11) is -1.26. The fraction of sp³-hybridized carbons (Fsp3) is 0.545. The van der Waals surface area contributed by atoms with Crippen molar-refractivity contribution in [3.05, 3.63) is 23.8 Å². The highest BCUT2D eigenvalue weighted by atomic mass is 32.2. The minimum Gasteiger partial charge on any atom is -0.275 e. The van der Waals surface area contributed by atoms with Crippen LogP contribution in [0.4, 0.5) is 4.39 Å². The Morgan fingerprint density at radius 2 is 2.44 bits per heavy atom. The molecular weight excluding hydrogens is 229 g/mol. The zero-order chi connectivity index (χ0) is 12.1. The van der Waals surface area contributed by atoms with E-state index in [9.17, 15) is 13.4 Å². The molecule has 16 heavy (non-hydrogen) atoms. The Balaban J connectivity index is 2.43. The van der Waals surface area contributed by atoms with Gasteiger partial charge >= 0.3 is 0 Å². The maximum Gasteiger partial charge on any atom is 0.232 e. The Morgan fingerprint density at radius 3 is 2.94 bits per heavy atom. The van der Waals surface area contributed by atoms with Crippen LogP contribution in [0.2, 0.25) is 0 Å². The Hall–Kier alpha value is -0.970. The third-order valence-corrected chi connectivity index (χ3v) is 3.60. The van der Waals surface area contributed by atoms with Crippen LogP contribution in [0.1, 0.15) is 26.7 Å². The van der Waals surface area contributed by atoms with Crippen LogP contribution >= 0.6 is 0 Å². The maximum atomic E-state index is 12.6. The first kappa shape index (κ1) is 13.1. The predicted molar refractivity (Wildman–Crippen MR) is 62.8 cm³/mol. The number of allylic oxidation sites excluding steroid dienone is 4. The Morgan fingerprint density at radius 1 is 1.75 bits per heavy atom. The molecule has 1 heterocycles. The Labute approximate surface area is 97.4 Å². The fourth-order valence-corrected chi connectivity index (χ4v) is 2.58. The van der Waals surface area contributed by atoms with Gasteiger partial charge in [0.15, 0.2) is 0 Å². The molecule has 3 unspecified atom stereocenters. The molecule has 3 atom stereocenters. The third kappa shape index (κ3) is 4.26. The fourth-order valence-electron chi connectivity index (χ4n) is 1.51. The summed E-state index contributed by atoms with van der Waals surface area (Å²) < 4.78 is 26.3. The van der Waals surface area contributed by atoms with Crippen molar-refractivity contribution in [1.29, 1.82) is 0 Å². The van der Waals surface area contributed by atoms with Gasteiger partial charge in [-0.1, -0.05) is 17.7 Å². The number of rotatable bonds is 4. The molecule has 90 valence electrons. The van der Waals surface area contributed by atoms with Crippen molar-refractivity contribution in [2.45, 2.75) is 38.1 Å². The van der Waals surface area contributed by atoms with Gasteiger partial charge < -0.3 is 0 Å². The molecule has 5 heteroatoms. The lowest BCUT2D eigenvalue weighted by atomic mass is 10.1. The van der Waals surface area contributed by atoms with Crippen molar-refractivity contribution >= 4 is 16.9 Å². The van der Waals surface area contributed by atoms with E-state index in [0.717, 1.165) is 5.57 Å². The van der Waals surface area contributed by atoms with Gasteiger partial charge in [-0.05, 0) is 26.3 Å². The molecule has 0 saturated carbocycles. The zero-order valence-electron chi connectivity index (χ0n) is 9.40. The number of nitrogens with one attached hydrogen (secondary N) is 1. The van der Waals surface area contributed by atoms with Gasteiger partial charge in [0.05, 0.1) is 5.25 Å². The molecule has 1 N–H and O–H groups in total. The highest BCUT2D eigenvalue weighted by molar-refractivity contribution is 7.84. The molecule has 0 aromatic carbocycles. The number of carbonyl (C=O) groups is 1. The highest BCUT2D eigenvalue weighted by Gasteiger charge is 2.27. The number of carbonyl (C=O) groups excluding carboxylic acids is 1. The first-order chi connectivity index (χ1) is 7.49. The highest BCUT2D eigenvalue weighted by Crippen LogP contribution is 2.13. The van der Waals surface area contributed by atoms with Crippen LogP contribution in [0.15, 0.2) is 23.8 Å². The molecule has 1 aliphatic heterocycles. The molecule has 1 aliphatic rings. The molecule has 1 saturated heterocycles. The van der Waals surface area contributed by atoms with Crippen molar-refractivity contribution < 1.29 is 13.4 Å². The molecule has 1 rings (SSSR count). The van der Waals surface area contributed by atoms with Crippen molar-refractivity contribution in [2.75, 3.05) is 0 Å². The van der Waals surface area contributed by atoms with Crippen LogP contribution in [0, 0.1) is 0 Å². The van der Waals surface area contributed by atoms with Crippen LogP contribution in [0.25, 0.3) is 0 Å². The van der Waals surface area contributed by atoms with E-state index in [1.165, 1.54) is 13.0 Å². The molecule has 0 aliphatic carbocycles. The molecule has 0 aromatic rings. The summed E-state index contributed by atoms with van der Waals surface area (Å²) in [5, 5.41) is -0.153. The molecule has 0 bridgehead atoms. The summed E-state index contributed by atoms with van der Waals surface area (Å²) in [6.45, 7) is 3.27. The van der Waals surface area contributed by atoms with Gasteiger partial charge in [0.1, 0.15) is 17.2 Å². The number of halogens is 1. The van der Waals surface area contributed by atoms with Gasteiger partial charge in [-0.3, -0.25) is 9.52 Å². The zero-order valence-corrected chi connectivity index (χ0v) is 10.2. The second-order valence-corrected chi connectivity index (χ2v) is 5.34. The van der Waals surface area contributed by atoms with Crippen molar-refractivity contribution in [3.8, 4) is 0 Å². The standard InChI is InChI=1S/C11H16FNO2S/c1-8(6-9(2)12)4-3-5-10-7-11(14)13-16(10)15/h3-4,6,9-10H,5,7H2,1-2H3,(H,13,14)/b4-3-,8-6-. The average Bonchev–Trinajstić information content (AvgIpc) is 2.44. The van der Waals surface area contributed by atoms with E-state index in [-0.39, 0.29) is 11.2 Å². The first-order valence-corrected chi connectivity index (χ1v) is 6.39. The van der Waals surface area contributed by atoms with E-state index in [1.807, 2.05) is 13.0 Å². The Bertz CT molecular complexity index is 350. The van der Waals surface area contributed by atoms with Gasteiger partial charge in [0.25, 0.3) is 0 Å². The number of alkyl halides is 1. The largest absolute Gasteiger partial charge is 0.275 e. The van der Waals surface area contributed by atoms with Crippen LogP contribution in [-0.2, 0) is 15.8 Å². The quantitative estimate of drug-likeness (QED) is 0.767. The Kier molecular flexibility index (Phi) is 4.86. The third-order valence-electron chi connectivity index (χ3n) is 2.20. The molecule has 1 fully saturated rings. The lowest BCUT2D eigenvalue weighted by molar-refractivity contribution is -0.118. The lowest BCUT2D eigenvalue weighted by Gasteiger charge is -2.01. The van der Waals surface area contributed by atoms with Gasteiger partial charge in [0.2, 0.25) is 5.91 Å². The van der Waals surface area contributed by atoms with E-state index < -0.39 is 17.2 Å². The van der Waals surface area contributed by atoms with E-state index in [2.05, 4.69) is 4.72 Å². The summed E-state index contributed by atoms with van der Waals surface area (Å²) in [5.41, 5.74) is 0.832. The summed E-state index contributed by atoms with van der Waals surface area (Å²) in [4.78, 5) is 10.9. The summed E-state index contributed by atoms with van der Waals surface area (Å²) in [6, 6.07) is 0. The van der Waals surface area contributed by atoms with Gasteiger partial charge in [-0.25, -0.2) is 8.60 Å². The van der Waals surface area contributed by atoms with Crippen LogP contribution in [0.5, 0.6) is 0 Å². The van der Waals surface area contributed by atoms with Gasteiger partial charge in [-0.15, -0.1) is 0 Å².